The Kier molecular flexibility index (Phi) is 5.06. The first-order valence-corrected chi connectivity index (χ1v) is 15.2. The van der Waals surface area contributed by atoms with Crippen LogP contribution in [0.4, 0.5) is 0 Å². The summed E-state index contributed by atoms with van der Waals surface area (Å²) in [5.41, 5.74) is 11.5. The van der Waals surface area contributed by atoms with Crippen LogP contribution in [-0.2, 0) is 5.41 Å². The van der Waals surface area contributed by atoms with Crippen molar-refractivity contribution < 1.29 is 0 Å². The molecule has 3 heterocycles. The maximum atomic E-state index is 10.3. The van der Waals surface area contributed by atoms with Crippen LogP contribution in [0.2, 0.25) is 0 Å². The van der Waals surface area contributed by atoms with Crippen molar-refractivity contribution in [3.8, 4) is 34.6 Å². The maximum absolute atomic E-state index is 10.3. The Morgan fingerprint density at radius 1 is 0.600 bits per heavy atom. The largest absolute Gasteiger partial charge is 0.309 e. The third kappa shape index (κ3) is 3.23. The molecule has 0 aliphatic carbocycles. The molecule has 0 radical (unpaired) electrons. The second kappa shape index (κ2) is 8.96. The molecule has 9 rings (SSSR count). The fourth-order valence-corrected chi connectivity index (χ4v) is 7.84. The summed E-state index contributed by atoms with van der Waals surface area (Å²) in [6.45, 7) is 4.35. The van der Waals surface area contributed by atoms with Gasteiger partial charge in [-0.1, -0.05) is 92.7 Å². The van der Waals surface area contributed by atoms with Crippen LogP contribution in [0.1, 0.15) is 36.1 Å². The summed E-state index contributed by atoms with van der Waals surface area (Å²) < 4.78 is 4.67. The molecule has 2 aromatic heterocycles. The molecule has 0 saturated carbocycles. The minimum Gasteiger partial charge on any atom is -0.309 e. The molecular formula is C41H26N4. The first-order chi connectivity index (χ1) is 22.0. The standard InChI is InChI=1S/C41H26N4/c1-41(2)33-20-19-28(25-16-18-30-29-12-6-8-14-34(29)44(37(30)22-25)27-10-4-3-5-11-27)38-31-13-7-9-15-35(31)45(40(33)38)36-21-17-26(23-42)32(24-43)39(36)41/h3-22H,1-2H3. The van der Waals surface area contributed by atoms with Crippen LogP contribution < -0.4 is 0 Å². The van der Waals surface area contributed by atoms with Crippen LogP contribution >= 0.6 is 0 Å². The lowest BCUT2D eigenvalue weighted by molar-refractivity contribution is 0.628. The number of nitriles is 2. The lowest BCUT2D eigenvalue weighted by Crippen LogP contribution is -2.28. The number of aromatic nitrogens is 2. The van der Waals surface area contributed by atoms with E-state index >= 15 is 0 Å². The molecule has 1 aliphatic rings. The molecule has 4 heteroatoms. The maximum Gasteiger partial charge on any atom is 0.101 e. The summed E-state index contributed by atoms with van der Waals surface area (Å²) in [6.07, 6.45) is 0. The third-order valence-corrected chi connectivity index (χ3v) is 9.77. The highest BCUT2D eigenvalue weighted by Gasteiger charge is 2.38. The second-order valence-corrected chi connectivity index (χ2v) is 12.4. The average Bonchev–Trinajstić information content (AvgIpc) is 3.60. The number of fused-ring (bicyclic) bond motifs is 8. The van der Waals surface area contributed by atoms with E-state index in [4.69, 9.17) is 0 Å². The molecule has 4 nitrogen and oxygen atoms in total. The topological polar surface area (TPSA) is 57.4 Å². The zero-order chi connectivity index (χ0) is 30.4. The Labute approximate surface area is 260 Å². The molecule has 0 saturated heterocycles. The highest BCUT2D eigenvalue weighted by molar-refractivity contribution is 6.18. The number of rotatable bonds is 2. The number of nitrogens with zero attached hydrogens (tertiary/aromatic N) is 4. The molecule has 0 bridgehead atoms. The van der Waals surface area contributed by atoms with Gasteiger partial charge in [0.25, 0.3) is 0 Å². The predicted molar refractivity (Wildman–Crippen MR) is 182 cm³/mol. The Morgan fingerprint density at radius 3 is 2.04 bits per heavy atom. The van der Waals surface area contributed by atoms with Gasteiger partial charge in [-0.2, -0.15) is 10.5 Å². The minimum absolute atomic E-state index is 0.416. The SMILES string of the molecule is CC1(C)c2c(ccc(C#N)c2C#N)-n2c3ccccc3c3c(-c4ccc5c6ccccc6n(-c6ccccc6)c5c4)ccc1c32. The van der Waals surface area contributed by atoms with Gasteiger partial charge in [0.15, 0.2) is 0 Å². The molecule has 0 spiro atoms. The number of hydrogen-bond acceptors (Lipinski definition) is 2. The fourth-order valence-electron chi connectivity index (χ4n) is 7.84. The van der Waals surface area contributed by atoms with Gasteiger partial charge >= 0.3 is 0 Å². The van der Waals surface area contributed by atoms with Crippen molar-refractivity contribution in [1.29, 1.82) is 10.5 Å². The van der Waals surface area contributed by atoms with Crippen LogP contribution in [0.3, 0.4) is 0 Å². The van der Waals surface area contributed by atoms with E-state index in [-0.39, 0.29) is 0 Å². The van der Waals surface area contributed by atoms with Crippen LogP contribution in [0.15, 0.2) is 121 Å². The molecule has 45 heavy (non-hydrogen) atoms. The predicted octanol–water partition coefficient (Wildman–Crippen LogP) is 9.93. The Bertz CT molecular complexity index is 2640. The lowest BCUT2D eigenvalue weighted by atomic mass is 9.71. The lowest BCUT2D eigenvalue weighted by Gasteiger charge is -2.36. The fraction of sp³-hybridized carbons (Fsp3) is 0.0732. The van der Waals surface area contributed by atoms with Gasteiger partial charge in [0.2, 0.25) is 0 Å². The van der Waals surface area contributed by atoms with Gasteiger partial charge in [-0.3, -0.25) is 0 Å². The molecule has 8 aromatic rings. The molecule has 0 amide bonds. The summed E-state index contributed by atoms with van der Waals surface area (Å²) in [6, 6.07) is 47.5. The van der Waals surface area contributed by atoms with Crippen molar-refractivity contribution in [1.82, 2.24) is 9.13 Å². The van der Waals surface area contributed by atoms with Gasteiger partial charge in [-0.25, -0.2) is 0 Å². The monoisotopic (exact) mass is 574 g/mol. The van der Waals surface area contributed by atoms with E-state index in [9.17, 15) is 10.5 Å². The highest BCUT2D eigenvalue weighted by atomic mass is 15.0. The Hall–Kier alpha value is -6.10. The van der Waals surface area contributed by atoms with Gasteiger partial charge in [0.1, 0.15) is 12.1 Å². The summed E-state index contributed by atoms with van der Waals surface area (Å²) in [7, 11) is 0. The normalized spacial score (nSPS) is 13.2. The number of benzene rings is 6. The van der Waals surface area contributed by atoms with Gasteiger partial charge in [-0.05, 0) is 59.2 Å². The molecule has 210 valence electrons. The van der Waals surface area contributed by atoms with Crippen molar-refractivity contribution in [2.45, 2.75) is 19.3 Å². The smallest absolute Gasteiger partial charge is 0.101 e. The van der Waals surface area contributed by atoms with Gasteiger partial charge in [0, 0.05) is 38.2 Å². The summed E-state index contributed by atoms with van der Waals surface area (Å²) >= 11 is 0. The van der Waals surface area contributed by atoms with Gasteiger partial charge in [-0.15, -0.1) is 0 Å². The minimum atomic E-state index is -0.488. The zero-order valence-corrected chi connectivity index (χ0v) is 24.8. The second-order valence-electron chi connectivity index (χ2n) is 12.4. The van der Waals surface area contributed by atoms with E-state index < -0.39 is 5.41 Å². The van der Waals surface area contributed by atoms with Crippen LogP contribution in [-0.4, -0.2) is 9.13 Å². The van der Waals surface area contributed by atoms with Crippen molar-refractivity contribution in [2.24, 2.45) is 0 Å². The van der Waals surface area contributed by atoms with Crippen molar-refractivity contribution in [2.75, 3.05) is 0 Å². The molecule has 0 fully saturated rings. The molecular weight excluding hydrogens is 548 g/mol. The molecule has 0 N–H and O–H groups in total. The first-order valence-electron chi connectivity index (χ1n) is 15.2. The van der Waals surface area contributed by atoms with Crippen LogP contribution in [0, 0.1) is 22.7 Å². The van der Waals surface area contributed by atoms with Crippen LogP contribution in [0.5, 0.6) is 0 Å². The van der Waals surface area contributed by atoms with Crippen molar-refractivity contribution in [3.63, 3.8) is 0 Å². The Morgan fingerprint density at radius 2 is 1.29 bits per heavy atom. The van der Waals surface area contributed by atoms with E-state index in [0.717, 1.165) is 39.1 Å². The van der Waals surface area contributed by atoms with Crippen molar-refractivity contribution >= 4 is 43.6 Å². The summed E-state index contributed by atoms with van der Waals surface area (Å²) in [4.78, 5) is 0. The summed E-state index contributed by atoms with van der Waals surface area (Å²) in [5, 5.41) is 25.0. The molecule has 0 unspecified atom stereocenters. The molecule has 0 atom stereocenters. The van der Waals surface area contributed by atoms with Gasteiger partial charge in [0.05, 0.1) is 38.9 Å². The van der Waals surface area contributed by atoms with Crippen molar-refractivity contribution in [3.05, 3.63) is 144 Å². The van der Waals surface area contributed by atoms with E-state index in [0.29, 0.717) is 11.1 Å². The quantitative estimate of drug-likeness (QED) is 0.206. The van der Waals surface area contributed by atoms with E-state index in [1.807, 2.05) is 6.07 Å². The summed E-state index contributed by atoms with van der Waals surface area (Å²) in [5.74, 6) is 0. The molecule has 6 aromatic carbocycles. The zero-order valence-electron chi connectivity index (χ0n) is 24.8. The first kappa shape index (κ1) is 25.4. The van der Waals surface area contributed by atoms with E-state index in [1.54, 1.807) is 6.07 Å². The molecule has 1 aliphatic heterocycles. The van der Waals surface area contributed by atoms with E-state index in [1.165, 1.54) is 38.1 Å². The number of hydrogen-bond donors (Lipinski definition) is 0. The number of para-hydroxylation sites is 3. The highest BCUT2D eigenvalue weighted by Crippen LogP contribution is 2.51. The van der Waals surface area contributed by atoms with Crippen LogP contribution in [0.25, 0.3) is 66.1 Å². The average molecular weight is 575 g/mol. The van der Waals surface area contributed by atoms with E-state index in [2.05, 4.69) is 144 Å². The Balaban J connectivity index is 1.41. The third-order valence-electron chi connectivity index (χ3n) is 9.77. The van der Waals surface area contributed by atoms with Gasteiger partial charge < -0.3 is 9.13 Å².